The van der Waals surface area contributed by atoms with Crippen LogP contribution in [0.25, 0.3) is 0 Å². The number of aryl methyl sites for hydroxylation is 1. The van der Waals surface area contributed by atoms with Gasteiger partial charge in [-0.1, -0.05) is 46.7 Å². The number of benzene rings is 1. The van der Waals surface area contributed by atoms with Crippen molar-refractivity contribution in [2.75, 3.05) is 23.3 Å². The van der Waals surface area contributed by atoms with Gasteiger partial charge in [-0.2, -0.15) is 0 Å². The topological polar surface area (TPSA) is 127 Å². The number of carbonyl (C=O) groups excluding carboxylic acids is 2. The number of thiazole rings is 1. The van der Waals surface area contributed by atoms with Gasteiger partial charge in [-0.15, -0.1) is 0 Å². The highest BCUT2D eigenvalue weighted by Gasteiger charge is 2.57. The second kappa shape index (κ2) is 9.42. The molecular weight excluding hydrogens is 525 g/mol. The van der Waals surface area contributed by atoms with Crippen molar-refractivity contribution in [3.63, 3.8) is 0 Å². The number of carboxylic acid groups (broad SMARTS) is 1. The minimum Gasteiger partial charge on any atom is -0.477 e. The summed E-state index contributed by atoms with van der Waals surface area (Å²) in [6.07, 6.45) is 0.337. The number of carboxylic acids is 1. The Kier molecular flexibility index (Phi) is 6.44. The van der Waals surface area contributed by atoms with Gasteiger partial charge in [0.2, 0.25) is 5.91 Å². The molecule has 9 nitrogen and oxygen atoms in total. The lowest BCUT2D eigenvalue weighted by atomic mass is 10.1. The van der Waals surface area contributed by atoms with Gasteiger partial charge in [-0.3, -0.25) is 9.59 Å². The number of H-pyrrole nitrogens is 1. The second-order valence-corrected chi connectivity index (χ2v) is 10.9. The number of aromatic carboxylic acids is 1. The number of amides is 2. The van der Waals surface area contributed by atoms with E-state index in [1.807, 2.05) is 18.2 Å². The van der Waals surface area contributed by atoms with E-state index in [9.17, 15) is 19.5 Å². The van der Waals surface area contributed by atoms with Gasteiger partial charge >= 0.3 is 5.97 Å². The summed E-state index contributed by atoms with van der Waals surface area (Å²) in [4.78, 5) is 45.8. The molecule has 36 heavy (non-hydrogen) atoms. The number of aromatic amines is 1. The molecular formula is C24H23Cl2N5O4S. The molecule has 1 aliphatic carbocycles. The van der Waals surface area contributed by atoms with Gasteiger partial charge in [0.15, 0.2) is 5.13 Å². The third-order valence-corrected chi connectivity index (χ3v) is 8.64. The summed E-state index contributed by atoms with van der Waals surface area (Å²) in [6.45, 7) is 4.54. The van der Waals surface area contributed by atoms with Crippen LogP contribution in [0.4, 0.5) is 10.8 Å². The van der Waals surface area contributed by atoms with Crippen molar-refractivity contribution < 1.29 is 19.5 Å². The van der Waals surface area contributed by atoms with Gasteiger partial charge in [0.25, 0.3) is 5.91 Å². The monoisotopic (exact) mass is 547 g/mol. The van der Waals surface area contributed by atoms with Gasteiger partial charge in [-0.05, 0) is 24.6 Å². The fourth-order valence-electron chi connectivity index (χ4n) is 4.77. The van der Waals surface area contributed by atoms with Gasteiger partial charge in [0.05, 0.1) is 15.7 Å². The average molecular weight is 548 g/mol. The lowest BCUT2D eigenvalue weighted by Gasteiger charge is -2.19. The molecule has 2 amide bonds. The summed E-state index contributed by atoms with van der Waals surface area (Å²) < 4.78 is 0. The number of aromatic nitrogens is 2. The molecule has 0 radical (unpaired) electrons. The minimum absolute atomic E-state index is 0.0297. The number of rotatable bonds is 7. The molecule has 1 aliphatic heterocycles. The predicted molar refractivity (Wildman–Crippen MR) is 139 cm³/mol. The summed E-state index contributed by atoms with van der Waals surface area (Å²) in [6, 6.07) is 7.31. The summed E-state index contributed by atoms with van der Waals surface area (Å²) in [5.74, 6) is -0.958. The SMILES string of the molecule is CC(=O)Nc1cccc(Cc2nc(N3C[C@@H]4[C@H](C3)[C@@H]4NC(=O)c3[nH]c(C)c(Cl)c3Cl)sc2C(=O)O)c1. The zero-order chi connectivity index (χ0) is 25.7. The highest BCUT2D eigenvalue weighted by atomic mass is 35.5. The number of nitrogens with zero attached hydrogens (tertiary/aromatic N) is 2. The maximum atomic E-state index is 12.6. The van der Waals surface area contributed by atoms with Crippen LogP contribution in [0, 0.1) is 18.8 Å². The Morgan fingerprint density at radius 3 is 2.56 bits per heavy atom. The quantitative estimate of drug-likeness (QED) is 0.351. The van der Waals surface area contributed by atoms with E-state index in [0.29, 0.717) is 46.7 Å². The molecule has 3 atom stereocenters. The maximum absolute atomic E-state index is 12.6. The average Bonchev–Trinajstić information content (AvgIpc) is 3.18. The molecule has 2 aliphatic rings. The van der Waals surface area contributed by atoms with Gasteiger partial charge in [0.1, 0.15) is 10.6 Å². The number of fused-ring (bicyclic) bond motifs is 1. The first kappa shape index (κ1) is 24.6. The predicted octanol–water partition coefficient (Wildman–Crippen LogP) is 4.20. The van der Waals surface area contributed by atoms with E-state index in [1.165, 1.54) is 6.92 Å². The summed E-state index contributed by atoms with van der Waals surface area (Å²) >= 11 is 13.4. The zero-order valence-corrected chi connectivity index (χ0v) is 21.7. The third-order valence-electron chi connectivity index (χ3n) is 6.54. The first-order valence-electron chi connectivity index (χ1n) is 11.3. The van der Waals surface area contributed by atoms with Crippen molar-refractivity contribution >= 4 is 63.1 Å². The number of carbonyl (C=O) groups is 3. The molecule has 2 aromatic heterocycles. The third kappa shape index (κ3) is 4.68. The van der Waals surface area contributed by atoms with Crippen molar-refractivity contribution in [2.24, 2.45) is 11.8 Å². The fraction of sp³-hybridized carbons (Fsp3) is 0.333. The van der Waals surface area contributed by atoms with Crippen molar-refractivity contribution in [3.8, 4) is 0 Å². The first-order valence-corrected chi connectivity index (χ1v) is 12.9. The van der Waals surface area contributed by atoms with E-state index in [2.05, 4.69) is 25.5 Å². The van der Waals surface area contributed by atoms with E-state index in [-0.39, 0.29) is 45.3 Å². The zero-order valence-electron chi connectivity index (χ0n) is 19.4. The van der Waals surface area contributed by atoms with Crippen LogP contribution < -0.4 is 15.5 Å². The molecule has 4 N–H and O–H groups in total. The van der Waals surface area contributed by atoms with E-state index < -0.39 is 5.97 Å². The molecule has 12 heteroatoms. The number of piperidine rings is 1. The molecule has 0 spiro atoms. The van der Waals surface area contributed by atoms with Crippen LogP contribution in [-0.2, 0) is 11.2 Å². The molecule has 3 aromatic rings. The van der Waals surface area contributed by atoms with Gasteiger partial charge < -0.3 is 25.6 Å². The van der Waals surface area contributed by atoms with E-state index in [0.717, 1.165) is 16.9 Å². The van der Waals surface area contributed by atoms with Crippen LogP contribution in [0.3, 0.4) is 0 Å². The van der Waals surface area contributed by atoms with Crippen molar-refractivity contribution in [1.29, 1.82) is 0 Å². The van der Waals surface area contributed by atoms with Crippen LogP contribution in [0.5, 0.6) is 0 Å². The van der Waals surface area contributed by atoms with E-state index in [1.54, 1.807) is 13.0 Å². The molecule has 1 saturated carbocycles. The number of nitrogens with one attached hydrogen (secondary N) is 3. The Bertz CT molecular complexity index is 1370. The van der Waals surface area contributed by atoms with Gasteiger partial charge in [-0.25, -0.2) is 9.78 Å². The van der Waals surface area contributed by atoms with Crippen molar-refractivity contribution in [3.05, 3.63) is 61.8 Å². The van der Waals surface area contributed by atoms with Crippen molar-refractivity contribution in [2.45, 2.75) is 26.3 Å². The fourth-order valence-corrected chi connectivity index (χ4v) is 6.12. The largest absolute Gasteiger partial charge is 0.477 e. The van der Waals surface area contributed by atoms with Crippen LogP contribution in [0.15, 0.2) is 24.3 Å². The molecule has 0 bridgehead atoms. The number of anilines is 2. The number of hydrogen-bond donors (Lipinski definition) is 4. The molecule has 0 unspecified atom stereocenters. The Labute approximate surface area is 220 Å². The number of halogens is 2. The minimum atomic E-state index is -1.02. The van der Waals surface area contributed by atoms with Crippen LogP contribution in [0.2, 0.25) is 10.0 Å². The molecule has 1 aromatic carbocycles. The maximum Gasteiger partial charge on any atom is 0.347 e. The molecule has 5 rings (SSSR count). The normalized spacial score (nSPS) is 20.2. The highest BCUT2D eigenvalue weighted by Crippen LogP contribution is 2.48. The Hall–Kier alpha value is -3.08. The smallest absolute Gasteiger partial charge is 0.347 e. The Morgan fingerprint density at radius 1 is 1.22 bits per heavy atom. The standard InChI is InChI=1S/C24H23Cl2N5O4S/c1-10-17(25)18(26)20(27-10)22(33)30-19-14-8-31(9-15(14)19)24-29-16(21(36-24)23(34)35)7-12-4-3-5-13(6-12)28-11(2)32/h3-6,14-15,19,27H,7-9H2,1-2H3,(H,28,32)(H,30,33)(H,34,35)/t14-,15+,19-. The molecule has 3 heterocycles. The van der Waals surface area contributed by atoms with Crippen molar-refractivity contribution in [1.82, 2.24) is 15.3 Å². The van der Waals surface area contributed by atoms with Crippen LogP contribution in [-0.4, -0.2) is 52.0 Å². The highest BCUT2D eigenvalue weighted by molar-refractivity contribution is 7.17. The number of hydrogen-bond acceptors (Lipinski definition) is 6. The Balaban J connectivity index is 1.25. The summed E-state index contributed by atoms with van der Waals surface area (Å²) in [7, 11) is 0. The van der Waals surface area contributed by atoms with Crippen LogP contribution >= 0.6 is 34.5 Å². The van der Waals surface area contributed by atoms with E-state index in [4.69, 9.17) is 23.2 Å². The molecule has 188 valence electrons. The van der Waals surface area contributed by atoms with Gasteiger partial charge in [0, 0.05) is 55.7 Å². The lowest BCUT2D eigenvalue weighted by molar-refractivity contribution is -0.114. The first-order chi connectivity index (χ1) is 17.1. The van der Waals surface area contributed by atoms with E-state index >= 15 is 0 Å². The summed E-state index contributed by atoms with van der Waals surface area (Å²) in [5.41, 5.74) is 2.90. The lowest BCUT2D eigenvalue weighted by Crippen LogP contribution is -2.34. The summed E-state index contributed by atoms with van der Waals surface area (Å²) in [5, 5.41) is 16.7. The van der Waals surface area contributed by atoms with Crippen LogP contribution in [0.1, 0.15) is 44.0 Å². The Morgan fingerprint density at radius 2 is 1.94 bits per heavy atom. The second-order valence-electron chi connectivity index (χ2n) is 9.12. The molecule has 1 saturated heterocycles. The molecule has 2 fully saturated rings.